The van der Waals surface area contributed by atoms with Crippen molar-refractivity contribution in [2.24, 2.45) is 11.8 Å². The van der Waals surface area contributed by atoms with E-state index in [0.29, 0.717) is 24.2 Å². The molecular weight excluding hydrogens is 480 g/mol. The van der Waals surface area contributed by atoms with Gasteiger partial charge >= 0.3 is 5.97 Å². The summed E-state index contributed by atoms with van der Waals surface area (Å²) in [5.74, 6) is -2.07. The molecule has 7 nitrogen and oxygen atoms in total. The molecule has 0 aromatic heterocycles. The van der Waals surface area contributed by atoms with Crippen LogP contribution >= 0.6 is 0 Å². The van der Waals surface area contributed by atoms with Crippen LogP contribution in [0.4, 0.5) is 11.4 Å². The lowest BCUT2D eigenvalue weighted by Crippen LogP contribution is -2.31. The third-order valence-corrected chi connectivity index (χ3v) is 7.38. The number of imide groups is 1. The number of aryl methyl sites for hydroxylation is 2. The van der Waals surface area contributed by atoms with E-state index in [1.807, 2.05) is 50.2 Å². The van der Waals surface area contributed by atoms with Gasteiger partial charge in [0.25, 0.3) is 5.91 Å². The van der Waals surface area contributed by atoms with Gasteiger partial charge in [0.05, 0.1) is 23.1 Å². The van der Waals surface area contributed by atoms with Crippen molar-refractivity contribution in [3.8, 4) is 0 Å². The second kappa shape index (κ2) is 10.6. The van der Waals surface area contributed by atoms with Crippen LogP contribution in [0.5, 0.6) is 0 Å². The molecule has 1 N–H and O–H groups in total. The fourth-order valence-corrected chi connectivity index (χ4v) is 5.69. The molecular formula is C31H30N2O5. The van der Waals surface area contributed by atoms with Crippen LogP contribution in [0.2, 0.25) is 0 Å². The summed E-state index contributed by atoms with van der Waals surface area (Å²) < 4.78 is 5.21. The van der Waals surface area contributed by atoms with Crippen LogP contribution in [0.1, 0.15) is 52.2 Å². The molecule has 1 heterocycles. The van der Waals surface area contributed by atoms with E-state index in [0.717, 1.165) is 17.5 Å². The molecule has 1 saturated heterocycles. The first-order valence-corrected chi connectivity index (χ1v) is 12.9. The Labute approximate surface area is 221 Å². The summed E-state index contributed by atoms with van der Waals surface area (Å²) in [6.07, 6.45) is 2.14. The number of fused-ring (bicyclic) bond motifs is 1. The molecule has 1 aliphatic carbocycles. The van der Waals surface area contributed by atoms with Crippen LogP contribution < -0.4 is 10.2 Å². The summed E-state index contributed by atoms with van der Waals surface area (Å²) in [5, 5.41) is 2.73. The molecule has 3 aromatic carbocycles. The van der Waals surface area contributed by atoms with Crippen molar-refractivity contribution in [1.29, 1.82) is 0 Å². The van der Waals surface area contributed by atoms with Crippen molar-refractivity contribution in [3.63, 3.8) is 0 Å². The predicted octanol–water partition coefficient (Wildman–Crippen LogP) is 5.17. The second-order valence-electron chi connectivity index (χ2n) is 10.2. The van der Waals surface area contributed by atoms with E-state index in [2.05, 4.69) is 17.4 Å². The van der Waals surface area contributed by atoms with Crippen LogP contribution in [-0.4, -0.2) is 30.3 Å². The topological polar surface area (TPSA) is 92.8 Å². The molecule has 5 rings (SSSR count). The Hall–Kier alpha value is -4.26. The lowest BCUT2D eigenvalue weighted by Gasteiger charge is -2.28. The molecule has 2 fully saturated rings. The van der Waals surface area contributed by atoms with Crippen molar-refractivity contribution in [2.45, 2.75) is 39.0 Å². The van der Waals surface area contributed by atoms with Crippen LogP contribution in [0, 0.1) is 25.7 Å². The molecule has 0 bridgehead atoms. The van der Waals surface area contributed by atoms with Gasteiger partial charge in [-0.05, 0) is 86.1 Å². The van der Waals surface area contributed by atoms with Gasteiger partial charge in [-0.2, -0.15) is 0 Å². The molecule has 194 valence electrons. The fourth-order valence-electron chi connectivity index (χ4n) is 5.69. The summed E-state index contributed by atoms with van der Waals surface area (Å²) >= 11 is 0. The smallest absolute Gasteiger partial charge is 0.338 e. The zero-order valence-electron chi connectivity index (χ0n) is 21.5. The van der Waals surface area contributed by atoms with Gasteiger partial charge < -0.3 is 10.1 Å². The highest BCUT2D eigenvalue weighted by Gasteiger charge is 2.50. The van der Waals surface area contributed by atoms with Gasteiger partial charge in [-0.15, -0.1) is 0 Å². The maximum atomic E-state index is 13.4. The van der Waals surface area contributed by atoms with E-state index in [1.165, 1.54) is 22.6 Å². The molecule has 38 heavy (non-hydrogen) atoms. The Morgan fingerprint density at radius 3 is 2.32 bits per heavy atom. The third kappa shape index (κ3) is 5.23. The Morgan fingerprint density at radius 1 is 0.868 bits per heavy atom. The Kier molecular flexibility index (Phi) is 7.09. The second-order valence-corrected chi connectivity index (χ2v) is 10.2. The molecule has 7 heteroatoms. The van der Waals surface area contributed by atoms with Gasteiger partial charge in [-0.25, -0.2) is 4.79 Å². The van der Waals surface area contributed by atoms with Crippen molar-refractivity contribution >= 4 is 35.1 Å². The van der Waals surface area contributed by atoms with Gasteiger partial charge in [-0.3, -0.25) is 19.3 Å². The average molecular weight is 511 g/mol. The quantitative estimate of drug-likeness (QED) is 0.365. The minimum Gasteiger partial charge on any atom is -0.452 e. The van der Waals surface area contributed by atoms with Crippen molar-refractivity contribution in [1.82, 2.24) is 0 Å². The van der Waals surface area contributed by atoms with Gasteiger partial charge in [0.15, 0.2) is 6.61 Å². The SMILES string of the molecule is Cc1cc(C)cc(NC(=O)COC(=O)c2cccc(N3C(=O)[C@@H]4CC[C@@H](c5ccccc5)C[C@H]4C3=O)c2)c1. The van der Waals surface area contributed by atoms with Gasteiger partial charge in [0.1, 0.15) is 0 Å². The molecule has 3 atom stereocenters. The highest BCUT2D eigenvalue weighted by atomic mass is 16.5. The standard InChI is InChI=1S/C31H30N2O5/c1-19-13-20(2)15-24(14-19)32-28(34)18-38-31(37)23-9-6-10-25(16-23)33-29(35)26-12-11-22(17-27(26)30(33)36)21-7-4-3-5-8-21/h3-10,13-16,22,26-27H,11-12,17-18H2,1-2H3,(H,32,34)/t22-,26-,27-/m1/s1. The predicted molar refractivity (Wildman–Crippen MR) is 144 cm³/mol. The number of ether oxygens (including phenoxy) is 1. The van der Waals surface area contributed by atoms with E-state index < -0.39 is 18.5 Å². The molecule has 3 amide bonds. The Balaban J connectivity index is 1.24. The molecule has 1 saturated carbocycles. The first-order valence-electron chi connectivity index (χ1n) is 12.9. The maximum absolute atomic E-state index is 13.4. The summed E-state index contributed by atoms with van der Waals surface area (Å²) in [7, 11) is 0. The monoisotopic (exact) mass is 510 g/mol. The zero-order chi connectivity index (χ0) is 26.8. The lowest BCUT2D eigenvalue weighted by molar-refractivity contribution is -0.122. The Bertz CT molecular complexity index is 1380. The van der Waals surface area contributed by atoms with Crippen molar-refractivity contribution in [2.75, 3.05) is 16.8 Å². The summed E-state index contributed by atoms with van der Waals surface area (Å²) in [6.45, 7) is 3.41. The average Bonchev–Trinajstić information content (AvgIpc) is 3.16. The number of hydrogen-bond donors (Lipinski definition) is 1. The molecule has 0 radical (unpaired) electrons. The number of nitrogens with one attached hydrogen (secondary N) is 1. The number of anilines is 2. The van der Waals surface area contributed by atoms with Crippen molar-refractivity contribution in [3.05, 3.63) is 95.1 Å². The summed E-state index contributed by atoms with van der Waals surface area (Å²) in [4.78, 5) is 52.9. The van der Waals surface area contributed by atoms with Gasteiger partial charge in [0.2, 0.25) is 11.8 Å². The minimum atomic E-state index is -0.705. The van der Waals surface area contributed by atoms with E-state index in [-0.39, 0.29) is 35.1 Å². The van der Waals surface area contributed by atoms with E-state index >= 15 is 0 Å². The largest absolute Gasteiger partial charge is 0.452 e. The normalized spacial score (nSPS) is 20.7. The van der Waals surface area contributed by atoms with Gasteiger partial charge in [0, 0.05) is 5.69 Å². The number of nitrogens with zero attached hydrogens (tertiary/aromatic N) is 1. The van der Waals surface area contributed by atoms with Crippen LogP contribution in [0.3, 0.4) is 0 Å². The Morgan fingerprint density at radius 2 is 1.58 bits per heavy atom. The first-order chi connectivity index (χ1) is 18.3. The molecule has 0 spiro atoms. The first kappa shape index (κ1) is 25.4. The minimum absolute atomic E-state index is 0.166. The van der Waals surface area contributed by atoms with Crippen molar-refractivity contribution < 1.29 is 23.9 Å². The maximum Gasteiger partial charge on any atom is 0.338 e. The van der Waals surface area contributed by atoms with Crippen LogP contribution in [-0.2, 0) is 19.1 Å². The highest BCUT2D eigenvalue weighted by Crippen LogP contribution is 2.45. The number of benzene rings is 3. The summed E-state index contributed by atoms with van der Waals surface area (Å²) in [5.41, 5.74) is 4.36. The number of carbonyl (C=O) groups excluding carboxylic acids is 4. The molecule has 0 unspecified atom stereocenters. The van der Waals surface area contributed by atoms with Crippen LogP contribution in [0.25, 0.3) is 0 Å². The lowest BCUT2D eigenvalue weighted by atomic mass is 9.73. The van der Waals surface area contributed by atoms with E-state index in [1.54, 1.807) is 12.1 Å². The third-order valence-electron chi connectivity index (χ3n) is 7.38. The number of hydrogen-bond acceptors (Lipinski definition) is 5. The summed E-state index contributed by atoms with van der Waals surface area (Å²) in [6, 6.07) is 22.0. The highest BCUT2D eigenvalue weighted by molar-refractivity contribution is 6.22. The molecule has 3 aromatic rings. The van der Waals surface area contributed by atoms with Crippen LogP contribution in [0.15, 0.2) is 72.8 Å². The molecule has 1 aliphatic heterocycles. The van der Waals surface area contributed by atoms with E-state index in [9.17, 15) is 19.2 Å². The molecule has 2 aliphatic rings. The van der Waals surface area contributed by atoms with Gasteiger partial charge in [-0.1, -0.05) is 42.5 Å². The number of carbonyl (C=O) groups is 4. The fraction of sp³-hybridized carbons (Fsp3) is 0.290. The number of rotatable bonds is 6. The van der Waals surface area contributed by atoms with E-state index in [4.69, 9.17) is 4.74 Å². The number of amides is 3. The number of esters is 1. The zero-order valence-corrected chi connectivity index (χ0v) is 21.5.